The molecule has 2 N–H and O–H groups in total. The molecule has 33 heavy (non-hydrogen) atoms. The van der Waals surface area contributed by atoms with Crippen LogP contribution in [0, 0.1) is 5.92 Å². The Morgan fingerprint density at radius 1 is 1.12 bits per heavy atom. The normalized spacial score (nSPS) is 23.4. The first-order valence-electron chi connectivity index (χ1n) is 12.4. The van der Waals surface area contributed by atoms with Crippen molar-refractivity contribution in [2.45, 2.75) is 63.5 Å². The minimum atomic E-state index is 0.0548. The van der Waals surface area contributed by atoms with Gasteiger partial charge in [-0.25, -0.2) is 4.98 Å². The Balaban J connectivity index is 1.12. The summed E-state index contributed by atoms with van der Waals surface area (Å²) in [6.07, 6.45) is 7.99. The largest absolute Gasteiger partial charge is 0.349 e. The third kappa shape index (κ3) is 4.67. The fourth-order valence-electron chi connectivity index (χ4n) is 5.61. The highest BCUT2D eigenvalue weighted by atomic mass is 35.5. The maximum Gasteiger partial charge on any atom is 0.251 e. The highest BCUT2D eigenvalue weighted by Crippen LogP contribution is 2.34. The number of carbonyl (C=O) groups is 1. The van der Waals surface area contributed by atoms with Gasteiger partial charge in [-0.3, -0.25) is 9.69 Å². The van der Waals surface area contributed by atoms with E-state index in [0.29, 0.717) is 10.9 Å². The molecule has 5 nitrogen and oxygen atoms in total. The van der Waals surface area contributed by atoms with Crippen LogP contribution in [0.2, 0.25) is 5.02 Å². The second kappa shape index (κ2) is 8.77. The Morgan fingerprint density at radius 3 is 2.91 bits per heavy atom. The Labute approximate surface area is 199 Å². The number of carbonyl (C=O) groups excluding carboxylic acids is 1. The number of amides is 1. The van der Waals surface area contributed by atoms with Gasteiger partial charge in [0.15, 0.2) is 0 Å². The van der Waals surface area contributed by atoms with Gasteiger partial charge < -0.3 is 10.3 Å². The summed E-state index contributed by atoms with van der Waals surface area (Å²) in [5, 5.41) is 4.03. The lowest BCUT2D eigenvalue weighted by Gasteiger charge is -2.30. The molecule has 1 aliphatic heterocycles. The highest BCUT2D eigenvalue weighted by Gasteiger charge is 2.28. The molecule has 0 saturated heterocycles. The van der Waals surface area contributed by atoms with Gasteiger partial charge in [0.2, 0.25) is 0 Å². The molecule has 2 aliphatic carbocycles. The van der Waals surface area contributed by atoms with E-state index in [1.165, 1.54) is 30.5 Å². The number of H-pyrrole nitrogens is 1. The molecule has 2 fully saturated rings. The number of aromatic nitrogens is 2. The van der Waals surface area contributed by atoms with Crippen LogP contribution in [0.4, 0.5) is 0 Å². The van der Waals surface area contributed by atoms with Gasteiger partial charge in [0, 0.05) is 42.2 Å². The molecule has 3 aliphatic rings. The molecule has 3 aromatic rings. The first kappa shape index (κ1) is 21.2. The summed E-state index contributed by atoms with van der Waals surface area (Å²) in [6, 6.07) is 12.3. The van der Waals surface area contributed by atoms with Gasteiger partial charge in [-0.2, -0.15) is 0 Å². The fraction of sp³-hybridized carbons (Fsp3) is 0.481. The smallest absolute Gasteiger partial charge is 0.251 e. The number of benzene rings is 2. The average Bonchev–Trinajstić information content (AvgIpc) is 3.54. The monoisotopic (exact) mass is 462 g/mol. The fourth-order valence-corrected chi connectivity index (χ4v) is 5.77. The van der Waals surface area contributed by atoms with E-state index in [4.69, 9.17) is 16.6 Å². The van der Waals surface area contributed by atoms with Crippen molar-refractivity contribution in [1.82, 2.24) is 20.2 Å². The van der Waals surface area contributed by atoms with Crippen molar-refractivity contribution in [2.24, 2.45) is 5.92 Å². The molecule has 2 heterocycles. The maximum atomic E-state index is 13.1. The summed E-state index contributed by atoms with van der Waals surface area (Å²) < 4.78 is 0. The van der Waals surface area contributed by atoms with Crippen LogP contribution >= 0.6 is 11.6 Å². The third-order valence-corrected chi connectivity index (χ3v) is 7.87. The van der Waals surface area contributed by atoms with E-state index < -0.39 is 0 Å². The van der Waals surface area contributed by atoms with E-state index >= 15 is 0 Å². The summed E-state index contributed by atoms with van der Waals surface area (Å²) in [5.41, 5.74) is 5.46. The minimum absolute atomic E-state index is 0.0548. The lowest BCUT2D eigenvalue weighted by atomic mass is 9.85. The molecule has 2 atom stereocenters. The first-order valence-corrected chi connectivity index (χ1v) is 12.8. The predicted molar refractivity (Wildman–Crippen MR) is 132 cm³/mol. The Morgan fingerprint density at radius 2 is 2.03 bits per heavy atom. The van der Waals surface area contributed by atoms with Crippen LogP contribution < -0.4 is 5.32 Å². The zero-order valence-corrected chi connectivity index (χ0v) is 19.7. The summed E-state index contributed by atoms with van der Waals surface area (Å²) in [6.45, 7) is 3.34. The highest BCUT2D eigenvalue weighted by molar-refractivity contribution is 6.31. The number of nitrogens with one attached hydrogen (secondary N) is 2. The number of hydrogen-bond donors (Lipinski definition) is 2. The Hall–Kier alpha value is -2.37. The van der Waals surface area contributed by atoms with Crippen LogP contribution in [0.25, 0.3) is 11.0 Å². The molecule has 2 saturated carbocycles. The van der Waals surface area contributed by atoms with Gasteiger partial charge in [-0.1, -0.05) is 24.1 Å². The Bertz CT molecular complexity index is 1180. The van der Waals surface area contributed by atoms with Crippen LogP contribution in [0.3, 0.4) is 0 Å². The van der Waals surface area contributed by atoms with E-state index in [-0.39, 0.29) is 11.9 Å². The second-order valence-corrected chi connectivity index (χ2v) is 10.7. The summed E-state index contributed by atoms with van der Waals surface area (Å²) in [5.74, 6) is 2.30. The summed E-state index contributed by atoms with van der Waals surface area (Å²) in [4.78, 5) is 23.9. The molecule has 1 amide bonds. The molecule has 0 spiro atoms. The third-order valence-electron chi connectivity index (χ3n) is 7.63. The standard InChI is InChI=1S/C27H31ClN4O/c28-22-8-9-24-25(14-22)31-26(30-24)19-2-1-3-23(13-19)29-27(33)20-7-6-18-10-11-32(15-17-4-5-17)16-21(18)12-20/h6-9,12,14,17,19,23H,1-5,10-11,13,15-16H2,(H,29,33)(H,30,31)/t19-,23+/m0/s1. The lowest BCUT2D eigenvalue weighted by molar-refractivity contribution is 0.0924. The topological polar surface area (TPSA) is 61.0 Å². The van der Waals surface area contributed by atoms with Gasteiger partial charge in [0.05, 0.1) is 11.0 Å². The van der Waals surface area contributed by atoms with Gasteiger partial charge in [-0.15, -0.1) is 0 Å². The number of fused-ring (bicyclic) bond motifs is 2. The van der Waals surface area contributed by atoms with Crippen molar-refractivity contribution in [3.63, 3.8) is 0 Å². The van der Waals surface area contributed by atoms with Gasteiger partial charge >= 0.3 is 0 Å². The molecular weight excluding hydrogens is 432 g/mol. The van der Waals surface area contributed by atoms with Gasteiger partial charge in [0.1, 0.15) is 5.82 Å². The quantitative estimate of drug-likeness (QED) is 0.530. The first-order chi connectivity index (χ1) is 16.1. The van der Waals surface area contributed by atoms with E-state index in [1.807, 2.05) is 24.3 Å². The predicted octanol–water partition coefficient (Wildman–Crippen LogP) is 5.44. The molecule has 0 radical (unpaired) electrons. The molecule has 172 valence electrons. The van der Waals surface area contributed by atoms with Crippen LogP contribution in [-0.2, 0) is 13.0 Å². The van der Waals surface area contributed by atoms with Crippen LogP contribution in [0.5, 0.6) is 0 Å². The molecule has 6 rings (SSSR count). The molecule has 1 aromatic heterocycles. The number of hydrogen-bond acceptors (Lipinski definition) is 3. The van der Waals surface area contributed by atoms with Crippen LogP contribution in [-0.4, -0.2) is 39.9 Å². The van der Waals surface area contributed by atoms with Crippen molar-refractivity contribution < 1.29 is 4.79 Å². The summed E-state index contributed by atoms with van der Waals surface area (Å²) >= 11 is 6.13. The number of halogens is 1. The second-order valence-electron chi connectivity index (χ2n) is 10.2. The van der Waals surface area contributed by atoms with E-state index in [2.05, 4.69) is 27.3 Å². The number of aromatic amines is 1. The molecule has 6 heteroatoms. The molecule has 2 aromatic carbocycles. The SMILES string of the molecule is O=C(N[C@@H]1CCC[C@H](c2nc3cc(Cl)ccc3[nH]2)C1)c1ccc2c(c1)CN(CC1CC1)CC2. The zero-order valence-electron chi connectivity index (χ0n) is 18.9. The van der Waals surface area contributed by atoms with Crippen molar-refractivity contribution in [3.8, 4) is 0 Å². The van der Waals surface area contributed by atoms with Crippen molar-refractivity contribution in [3.05, 3.63) is 63.9 Å². The lowest BCUT2D eigenvalue weighted by Crippen LogP contribution is -2.38. The Kier molecular flexibility index (Phi) is 5.63. The van der Waals surface area contributed by atoms with E-state index in [1.54, 1.807) is 0 Å². The maximum absolute atomic E-state index is 13.1. The number of imidazole rings is 1. The zero-order chi connectivity index (χ0) is 22.4. The number of rotatable bonds is 5. The van der Waals surface area contributed by atoms with Crippen molar-refractivity contribution in [1.29, 1.82) is 0 Å². The molecule has 0 unspecified atom stereocenters. The van der Waals surface area contributed by atoms with Crippen LogP contribution in [0.1, 0.15) is 71.8 Å². The van der Waals surface area contributed by atoms with Gasteiger partial charge in [-0.05, 0) is 85.9 Å². The van der Waals surface area contributed by atoms with Crippen molar-refractivity contribution in [2.75, 3.05) is 13.1 Å². The van der Waals surface area contributed by atoms with Gasteiger partial charge in [0.25, 0.3) is 5.91 Å². The molecular formula is C27H31ClN4O. The van der Waals surface area contributed by atoms with E-state index in [9.17, 15) is 4.79 Å². The van der Waals surface area contributed by atoms with Crippen LogP contribution in [0.15, 0.2) is 36.4 Å². The number of nitrogens with zero attached hydrogens (tertiary/aromatic N) is 2. The molecule has 0 bridgehead atoms. The van der Waals surface area contributed by atoms with E-state index in [0.717, 1.165) is 73.5 Å². The average molecular weight is 463 g/mol. The van der Waals surface area contributed by atoms with Crippen molar-refractivity contribution >= 4 is 28.5 Å². The summed E-state index contributed by atoms with van der Waals surface area (Å²) in [7, 11) is 0. The minimum Gasteiger partial charge on any atom is -0.349 e.